The van der Waals surface area contributed by atoms with Gasteiger partial charge in [0, 0.05) is 18.5 Å². The number of nitrogen functional groups attached to an aromatic ring is 1. The van der Waals surface area contributed by atoms with Crippen molar-refractivity contribution in [3.8, 4) is 0 Å². The van der Waals surface area contributed by atoms with E-state index < -0.39 is 0 Å². The van der Waals surface area contributed by atoms with Crippen molar-refractivity contribution in [1.29, 1.82) is 0 Å². The molecule has 17 heavy (non-hydrogen) atoms. The summed E-state index contributed by atoms with van der Waals surface area (Å²) < 4.78 is 5.19. The second kappa shape index (κ2) is 4.73. The molecular weight excluding hydrogens is 220 g/mol. The number of H-pyrrole nitrogens is 1. The maximum Gasteiger partial charge on any atom is 0.255 e. The Morgan fingerprint density at radius 2 is 2.47 bits per heavy atom. The first kappa shape index (κ1) is 11.3. The van der Waals surface area contributed by atoms with Crippen molar-refractivity contribution in [2.24, 2.45) is 0 Å². The number of aromatic amines is 1. The summed E-state index contributed by atoms with van der Waals surface area (Å²) in [6.07, 6.45) is 3.79. The molecule has 0 aromatic carbocycles. The fourth-order valence-electron chi connectivity index (χ4n) is 1.55. The van der Waals surface area contributed by atoms with E-state index in [1.54, 1.807) is 12.3 Å². The molecule has 2 heterocycles. The molecule has 0 bridgehead atoms. The van der Waals surface area contributed by atoms with Crippen LogP contribution in [-0.2, 0) is 13.0 Å². The summed E-state index contributed by atoms with van der Waals surface area (Å²) in [5.74, 6) is 0.979. The van der Waals surface area contributed by atoms with Crippen LogP contribution in [0.2, 0.25) is 0 Å². The van der Waals surface area contributed by atoms with Gasteiger partial charge in [-0.15, -0.1) is 0 Å². The Bertz CT molecular complexity index is 515. The van der Waals surface area contributed by atoms with E-state index in [1.807, 2.05) is 6.92 Å². The highest BCUT2D eigenvalue weighted by Crippen LogP contribution is 2.12. The van der Waals surface area contributed by atoms with E-state index in [2.05, 4.69) is 15.5 Å². The molecule has 2 aromatic rings. The lowest BCUT2D eigenvalue weighted by atomic mass is 10.2. The number of nitrogens with zero attached hydrogens (tertiary/aromatic N) is 1. The van der Waals surface area contributed by atoms with Gasteiger partial charge in [-0.2, -0.15) is 5.10 Å². The van der Waals surface area contributed by atoms with Gasteiger partial charge in [0.1, 0.15) is 11.6 Å². The molecule has 1 amide bonds. The van der Waals surface area contributed by atoms with Crippen LogP contribution in [0.25, 0.3) is 0 Å². The van der Waals surface area contributed by atoms with Gasteiger partial charge in [0.15, 0.2) is 0 Å². The molecular formula is C11H14N4O2. The molecule has 0 fully saturated rings. The number of aryl methyl sites for hydroxylation is 1. The van der Waals surface area contributed by atoms with Crippen LogP contribution in [0.5, 0.6) is 0 Å². The minimum Gasteiger partial charge on any atom is -0.469 e. The van der Waals surface area contributed by atoms with E-state index in [0.717, 1.165) is 5.56 Å². The lowest BCUT2D eigenvalue weighted by Gasteiger charge is -2.03. The quantitative estimate of drug-likeness (QED) is 0.737. The first-order chi connectivity index (χ1) is 8.22. The van der Waals surface area contributed by atoms with E-state index in [4.69, 9.17) is 10.2 Å². The highest BCUT2D eigenvalue weighted by Gasteiger charge is 2.13. The fourth-order valence-corrected chi connectivity index (χ4v) is 1.55. The number of hydrogen-bond acceptors (Lipinski definition) is 4. The van der Waals surface area contributed by atoms with Crippen molar-refractivity contribution in [2.45, 2.75) is 19.9 Å². The Morgan fingerprint density at radius 3 is 3.12 bits per heavy atom. The largest absolute Gasteiger partial charge is 0.469 e. The third-order valence-corrected chi connectivity index (χ3v) is 2.50. The Hall–Kier alpha value is -2.24. The molecule has 0 aliphatic rings. The number of nitrogens with two attached hydrogens (primary N) is 1. The summed E-state index contributed by atoms with van der Waals surface area (Å²) in [7, 11) is 0. The molecule has 0 saturated carbocycles. The second-order valence-electron chi connectivity index (χ2n) is 3.60. The van der Waals surface area contributed by atoms with Crippen LogP contribution in [0.15, 0.2) is 22.9 Å². The topological polar surface area (TPSA) is 96.9 Å². The van der Waals surface area contributed by atoms with Crippen molar-refractivity contribution in [2.75, 3.05) is 5.73 Å². The molecule has 4 N–H and O–H groups in total. The van der Waals surface area contributed by atoms with E-state index in [9.17, 15) is 4.79 Å². The van der Waals surface area contributed by atoms with Gasteiger partial charge in [-0.25, -0.2) is 0 Å². The normalized spacial score (nSPS) is 10.4. The van der Waals surface area contributed by atoms with E-state index in [-0.39, 0.29) is 5.91 Å². The minimum absolute atomic E-state index is 0.170. The SMILES string of the molecule is CCc1occc1C(=O)NCc1cn[nH]c1N. The first-order valence-electron chi connectivity index (χ1n) is 5.34. The van der Waals surface area contributed by atoms with Crippen LogP contribution in [0.3, 0.4) is 0 Å². The van der Waals surface area contributed by atoms with Crippen molar-refractivity contribution in [1.82, 2.24) is 15.5 Å². The van der Waals surface area contributed by atoms with Gasteiger partial charge in [-0.3, -0.25) is 9.89 Å². The molecule has 2 rings (SSSR count). The van der Waals surface area contributed by atoms with Gasteiger partial charge in [0.25, 0.3) is 5.91 Å². The fraction of sp³-hybridized carbons (Fsp3) is 0.273. The summed E-state index contributed by atoms with van der Waals surface area (Å²) >= 11 is 0. The van der Waals surface area contributed by atoms with Crippen LogP contribution in [0, 0.1) is 0 Å². The number of aromatic nitrogens is 2. The van der Waals surface area contributed by atoms with Gasteiger partial charge in [0.2, 0.25) is 0 Å². The van der Waals surface area contributed by atoms with Gasteiger partial charge >= 0.3 is 0 Å². The lowest BCUT2D eigenvalue weighted by molar-refractivity contribution is 0.0949. The highest BCUT2D eigenvalue weighted by molar-refractivity contribution is 5.95. The Labute approximate surface area is 98.2 Å². The van der Waals surface area contributed by atoms with E-state index in [0.29, 0.717) is 30.1 Å². The highest BCUT2D eigenvalue weighted by atomic mass is 16.3. The number of nitrogens with one attached hydrogen (secondary N) is 2. The van der Waals surface area contributed by atoms with Crippen molar-refractivity contribution < 1.29 is 9.21 Å². The van der Waals surface area contributed by atoms with Crippen LogP contribution in [0.1, 0.15) is 28.6 Å². The molecule has 2 aromatic heterocycles. The van der Waals surface area contributed by atoms with Crippen LogP contribution in [0.4, 0.5) is 5.82 Å². The predicted octanol–water partition coefficient (Wildman–Crippen LogP) is 1.08. The maximum absolute atomic E-state index is 11.8. The zero-order chi connectivity index (χ0) is 12.3. The van der Waals surface area contributed by atoms with Gasteiger partial charge < -0.3 is 15.5 Å². The molecule has 0 aliphatic carbocycles. The van der Waals surface area contributed by atoms with Crippen molar-refractivity contribution >= 4 is 11.7 Å². The van der Waals surface area contributed by atoms with Crippen molar-refractivity contribution in [3.05, 3.63) is 35.4 Å². The number of anilines is 1. The van der Waals surface area contributed by atoms with E-state index in [1.165, 1.54) is 6.26 Å². The third kappa shape index (κ3) is 2.30. The number of rotatable bonds is 4. The number of hydrogen-bond donors (Lipinski definition) is 3. The summed E-state index contributed by atoms with van der Waals surface area (Å²) in [4.78, 5) is 11.8. The molecule has 0 radical (unpaired) electrons. The van der Waals surface area contributed by atoms with Gasteiger partial charge in [0.05, 0.1) is 18.0 Å². The zero-order valence-corrected chi connectivity index (χ0v) is 9.49. The average Bonchev–Trinajstić information content (AvgIpc) is 2.94. The number of amides is 1. The Kier molecular flexibility index (Phi) is 3.13. The van der Waals surface area contributed by atoms with E-state index >= 15 is 0 Å². The summed E-state index contributed by atoms with van der Waals surface area (Å²) in [6, 6.07) is 1.66. The second-order valence-corrected chi connectivity index (χ2v) is 3.60. The molecule has 0 aliphatic heterocycles. The van der Waals surface area contributed by atoms with Gasteiger partial charge in [-0.1, -0.05) is 6.92 Å². The van der Waals surface area contributed by atoms with Crippen LogP contribution < -0.4 is 11.1 Å². The smallest absolute Gasteiger partial charge is 0.255 e. The molecule has 0 saturated heterocycles. The summed E-state index contributed by atoms with van der Waals surface area (Å²) in [5.41, 5.74) is 6.94. The molecule has 90 valence electrons. The Balaban J connectivity index is 2.01. The predicted molar refractivity (Wildman–Crippen MR) is 62.3 cm³/mol. The molecule has 6 heteroatoms. The minimum atomic E-state index is -0.170. The molecule has 0 unspecified atom stereocenters. The van der Waals surface area contributed by atoms with Crippen LogP contribution >= 0.6 is 0 Å². The Morgan fingerprint density at radius 1 is 1.65 bits per heavy atom. The third-order valence-electron chi connectivity index (χ3n) is 2.50. The number of carbonyl (C=O) groups excluding carboxylic acids is 1. The lowest BCUT2D eigenvalue weighted by Crippen LogP contribution is -2.23. The standard InChI is InChI=1S/C11H14N4O2/c1-2-9-8(3-4-17-9)11(16)13-5-7-6-14-15-10(7)12/h3-4,6H,2,5H2,1H3,(H,13,16)(H3,12,14,15). The van der Waals surface area contributed by atoms with Gasteiger partial charge in [-0.05, 0) is 6.07 Å². The monoisotopic (exact) mass is 234 g/mol. The first-order valence-corrected chi connectivity index (χ1v) is 5.34. The molecule has 0 atom stereocenters. The number of carbonyl (C=O) groups is 1. The van der Waals surface area contributed by atoms with Crippen molar-refractivity contribution in [3.63, 3.8) is 0 Å². The molecule has 6 nitrogen and oxygen atoms in total. The number of furan rings is 1. The zero-order valence-electron chi connectivity index (χ0n) is 9.49. The molecule has 0 spiro atoms. The van der Waals surface area contributed by atoms with Crippen LogP contribution in [-0.4, -0.2) is 16.1 Å². The summed E-state index contributed by atoms with van der Waals surface area (Å²) in [6.45, 7) is 2.28. The maximum atomic E-state index is 11.8. The average molecular weight is 234 g/mol. The summed E-state index contributed by atoms with van der Waals surface area (Å²) in [5, 5.41) is 9.15.